The molecule has 106 valence electrons. The van der Waals surface area contributed by atoms with Crippen LogP contribution in [-0.4, -0.2) is 25.7 Å². The predicted octanol–water partition coefficient (Wildman–Crippen LogP) is 2.99. The summed E-state index contributed by atoms with van der Waals surface area (Å²) in [6.07, 6.45) is 5.82. The molecule has 0 unspecified atom stereocenters. The van der Waals surface area contributed by atoms with Crippen LogP contribution in [0.3, 0.4) is 0 Å². The zero-order valence-electron chi connectivity index (χ0n) is 12.2. The van der Waals surface area contributed by atoms with E-state index in [0.29, 0.717) is 18.9 Å². The van der Waals surface area contributed by atoms with Gasteiger partial charge in [0.2, 0.25) is 0 Å². The Hall–Kier alpha value is -0.570. The maximum Gasteiger partial charge on any atom is 0.306 e. The van der Waals surface area contributed by atoms with Crippen molar-refractivity contribution in [2.24, 2.45) is 17.8 Å². The molecule has 3 heteroatoms. The van der Waals surface area contributed by atoms with Gasteiger partial charge in [0.15, 0.2) is 0 Å². The minimum atomic E-state index is -0.00346. The molecule has 0 aromatic rings. The molecular weight excluding hydrogens is 226 g/mol. The molecule has 0 spiro atoms. The maximum absolute atomic E-state index is 11.3. The van der Waals surface area contributed by atoms with Crippen molar-refractivity contribution in [3.05, 3.63) is 0 Å². The average Bonchev–Trinajstić information content (AvgIpc) is 2.37. The Kier molecular flexibility index (Phi) is 7.33. The summed E-state index contributed by atoms with van der Waals surface area (Å²) < 4.78 is 4.98. The molecule has 2 aliphatic rings. The first-order chi connectivity index (χ1) is 8.79. The van der Waals surface area contributed by atoms with Crippen LogP contribution in [0.25, 0.3) is 0 Å². The van der Waals surface area contributed by atoms with Gasteiger partial charge in [-0.3, -0.25) is 4.79 Å². The van der Waals surface area contributed by atoms with E-state index in [1.165, 1.54) is 38.8 Å². The molecule has 1 saturated heterocycles. The normalized spacial score (nSPS) is 27.7. The number of carbonyl (C=O) groups excluding carboxylic acids is 1. The minimum absolute atomic E-state index is 0.00346. The highest BCUT2D eigenvalue weighted by Gasteiger charge is 2.36. The molecule has 1 saturated carbocycles. The number of ether oxygens (including phenoxy) is 1. The Morgan fingerprint density at radius 1 is 1.17 bits per heavy atom. The van der Waals surface area contributed by atoms with Crippen molar-refractivity contribution in [3.8, 4) is 0 Å². The first kappa shape index (κ1) is 15.5. The van der Waals surface area contributed by atoms with Gasteiger partial charge in [0.25, 0.3) is 0 Å². The molecule has 1 N–H and O–H groups in total. The van der Waals surface area contributed by atoms with E-state index in [1.807, 2.05) is 20.8 Å². The highest BCUT2D eigenvalue weighted by atomic mass is 16.5. The van der Waals surface area contributed by atoms with Gasteiger partial charge in [-0.2, -0.15) is 0 Å². The third-order valence-corrected chi connectivity index (χ3v) is 4.08. The van der Waals surface area contributed by atoms with Crippen molar-refractivity contribution >= 4 is 5.97 Å². The summed E-state index contributed by atoms with van der Waals surface area (Å²) in [7, 11) is 0. The SMILES string of the molecule is CC.CCOC(=O)CC1CC(C2CCNCC2)C1. The Morgan fingerprint density at radius 2 is 1.78 bits per heavy atom. The smallest absolute Gasteiger partial charge is 0.306 e. The van der Waals surface area contributed by atoms with Gasteiger partial charge in [-0.05, 0) is 63.5 Å². The summed E-state index contributed by atoms with van der Waals surface area (Å²) in [5.74, 6) is 2.41. The van der Waals surface area contributed by atoms with Crippen LogP contribution >= 0.6 is 0 Å². The zero-order valence-corrected chi connectivity index (χ0v) is 12.2. The van der Waals surface area contributed by atoms with E-state index in [9.17, 15) is 4.79 Å². The van der Waals surface area contributed by atoms with Crippen LogP contribution in [0.2, 0.25) is 0 Å². The Labute approximate surface area is 112 Å². The lowest BCUT2D eigenvalue weighted by molar-refractivity contribution is -0.145. The quantitative estimate of drug-likeness (QED) is 0.785. The van der Waals surface area contributed by atoms with E-state index < -0.39 is 0 Å². The minimum Gasteiger partial charge on any atom is -0.466 e. The number of nitrogens with one attached hydrogen (secondary N) is 1. The van der Waals surface area contributed by atoms with E-state index in [2.05, 4.69) is 5.32 Å². The maximum atomic E-state index is 11.3. The second-order valence-corrected chi connectivity index (χ2v) is 5.19. The first-order valence-electron chi connectivity index (χ1n) is 7.66. The molecule has 1 aliphatic heterocycles. The van der Waals surface area contributed by atoms with Gasteiger partial charge >= 0.3 is 5.97 Å². The Balaban J connectivity index is 0.000000771. The van der Waals surface area contributed by atoms with Crippen LogP contribution in [0.1, 0.15) is 52.9 Å². The van der Waals surface area contributed by atoms with Crippen molar-refractivity contribution in [3.63, 3.8) is 0 Å². The van der Waals surface area contributed by atoms with Crippen molar-refractivity contribution < 1.29 is 9.53 Å². The number of piperidine rings is 1. The molecule has 1 aliphatic carbocycles. The molecule has 2 rings (SSSR count). The van der Waals surface area contributed by atoms with Gasteiger partial charge in [-0.1, -0.05) is 13.8 Å². The summed E-state index contributed by atoms with van der Waals surface area (Å²) in [6, 6.07) is 0. The average molecular weight is 255 g/mol. The molecule has 0 aromatic heterocycles. The van der Waals surface area contributed by atoms with Crippen molar-refractivity contribution in [2.75, 3.05) is 19.7 Å². The summed E-state index contributed by atoms with van der Waals surface area (Å²) in [5, 5.41) is 3.40. The number of rotatable bonds is 4. The lowest BCUT2D eigenvalue weighted by Gasteiger charge is -2.41. The van der Waals surface area contributed by atoms with E-state index in [0.717, 1.165) is 11.8 Å². The second kappa shape index (κ2) is 8.52. The van der Waals surface area contributed by atoms with E-state index in [4.69, 9.17) is 4.74 Å². The molecule has 0 amide bonds. The lowest BCUT2D eigenvalue weighted by Crippen LogP contribution is -2.38. The molecule has 0 atom stereocenters. The van der Waals surface area contributed by atoms with Crippen LogP contribution in [-0.2, 0) is 9.53 Å². The summed E-state index contributed by atoms with van der Waals surface area (Å²) in [5.41, 5.74) is 0. The standard InChI is InChI=1S/C13H23NO2.C2H6/c1-2-16-13(15)9-10-7-12(8-10)11-3-5-14-6-4-11;1-2/h10-12,14H,2-9H2,1H3;1-2H3. The molecule has 2 fully saturated rings. The second-order valence-electron chi connectivity index (χ2n) is 5.19. The molecular formula is C15H29NO2. The predicted molar refractivity (Wildman–Crippen MR) is 74.4 cm³/mol. The van der Waals surface area contributed by atoms with Gasteiger partial charge in [-0.15, -0.1) is 0 Å². The van der Waals surface area contributed by atoms with Crippen LogP contribution in [0, 0.1) is 17.8 Å². The van der Waals surface area contributed by atoms with Gasteiger partial charge in [0.1, 0.15) is 0 Å². The largest absolute Gasteiger partial charge is 0.466 e. The van der Waals surface area contributed by atoms with Gasteiger partial charge in [0.05, 0.1) is 6.61 Å². The molecule has 1 heterocycles. The first-order valence-corrected chi connectivity index (χ1v) is 7.66. The third kappa shape index (κ3) is 4.60. The molecule has 0 bridgehead atoms. The van der Waals surface area contributed by atoms with Crippen molar-refractivity contribution in [1.82, 2.24) is 5.32 Å². The zero-order chi connectivity index (χ0) is 13.4. The van der Waals surface area contributed by atoms with E-state index >= 15 is 0 Å². The summed E-state index contributed by atoms with van der Waals surface area (Å²) in [4.78, 5) is 11.3. The highest BCUT2D eigenvalue weighted by Crippen LogP contribution is 2.43. The van der Waals surface area contributed by atoms with Crippen LogP contribution < -0.4 is 5.32 Å². The number of hydrogen-bond donors (Lipinski definition) is 1. The highest BCUT2D eigenvalue weighted by molar-refractivity contribution is 5.69. The Bertz CT molecular complexity index is 231. The fourth-order valence-electron chi connectivity index (χ4n) is 3.11. The van der Waals surface area contributed by atoms with E-state index in [1.54, 1.807) is 0 Å². The number of hydrogen-bond acceptors (Lipinski definition) is 3. The molecule has 18 heavy (non-hydrogen) atoms. The number of carbonyl (C=O) groups is 1. The van der Waals surface area contributed by atoms with Crippen molar-refractivity contribution in [1.29, 1.82) is 0 Å². The molecule has 3 nitrogen and oxygen atoms in total. The molecule has 0 aromatic carbocycles. The van der Waals surface area contributed by atoms with Gasteiger partial charge in [-0.25, -0.2) is 0 Å². The van der Waals surface area contributed by atoms with Crippen LogP contribution in [0.4, 0.5) is 0 Å². The van der Waals surface area contributed by atoms with Crippen LogP contribution in [0.15, 0.2) is 0 Å². The monoisotopic (exact) mass is 255 g/mol. The molecule has 0 radical (unpaired) electrons. The van der Waals surface area contributed by atoms with Crippen molar-refractivity contribution in [2.45, 2.75) is 52.9 Å². The Morgan fingerprint density at radius 3 is 2.33 bits per heavy atom. The third-order valence-electron chi connectivity index (χ3n) is 4.08. The topological polar surface area (TPSA) is 38.3 Å². The fraction of sp³-hybridized carbons (Fsp3) is 0.933. The van der Waals surface area contributed by atoms with Gasteiger partial charge in [0, 0.05) is 6.42 Å². The van der Waals surface area contributed by atoms with Crippen LogP contribution in [0.5, 0.6) is 0 Å². The summed E-state index contributed by atoms with van der Waals surface area (Å²) >= 11 is 0. The lowest BCUT2D eigenvalue weighted by atomic mass is 9.65. The fourth-order valence-corrected chi connectivity index (χ4v) is 3.11. The summed E-state index contributed by atoms with van der Waals surface area (Å²) in [6.45, 7) is 8.76. The number of esters is 1. The van der Waals surface area contributed by atoms with E-state index in [-0.39, 0.29) is 5.97 Å². The van der Waals surface area contributed by atoms with Gasteiger partial charge < -0.3 is 10.1 Å².